The van der Waals surface area contributed by atoms with E-state index in [1.165, 1.54) is 12.1 Å². The van der Waals surface area contributed by atoms with Gasteiger partial charge in [0.25, 0.3) is 5.91 Å². The Morgan fingerprint density at radius 3 is 2.35 bits per heavy atom. The van der Waals surface area contributed by atoms with Gasteiger partial charge < -0.3 is 15.4 Å². The average Bonchev–Trinajstić information content (AvgIpc) is 2.52. The van der Waals surface area contributed by atoms with Crippen LogP contribution in [0.4, 0.5) is 10.1 Å². The zero-order valence-electron chi connectivity index (χ0n) is 12.9. The second-order valence-corrected chi connectivity index (χ2v) is 5.13. The Bertz CT molecular complexity index is 727. The Kier molecular flexibility index (Phi) is 4.95. The molecule has 23 heavy (non-hydrogen) atoms. The molecule has 0 saturated carbocycles. The van der Waals surface area contributed by atoms with Crippen LogP contribution in [0.25, 0.3) is 0 Å². The predicted molar refractivity (Wildman–Crippen MR) is 85.5 cm³/mol. The lowest BCUT2D eigenvalue weighted by atomic mass is 10.1. The quantitative estimate of drug-likeness (QED) is 0.830. The fraction of sp³-hybridized carbons (Fsp3) is 0.176. The Morgan fingerprint density at radius 1 is 1.13 bits per heavy atom. The number of anilines is 1. The Labute approximate surface area is 133 Å². The van der Waals surface area contributed by atoms with Gasteiger partial charge in [0.15, 0.2) is 12.4 Å². The van der Waals surface area contributed by atoms with Gasteiger partial charge in [-0.05, 0) is 36.4 Å². The lowest BCUT2D eigenvalue weighted by molar-refractivity contribution is 0.0911. The van der Waals surface area contributed by atoms with E-state index < -0.39 is 11.7 Å². The third-order valence-corrected chi connectivity index (χ3v) is 3.29. The van der Waals surface area contributed by atoms with Crippen molar-refractivity contribution in [3.63, 3.8) is 0 Å². The first kappa shape index (κ1) is 16.5. The summed E-state index contributed by atoms with van der Waals surface area (Å²) in [4.78, 5) is 25.3. The van der Waals surface area contributed by atoms with Crippen LogP contribution in [0.2, 0.25) is 0 Å². The molecule has 0 aliphatic carbocycles. The maximum atomic E-state index is 13.6. The van der Waals surface area contributed by atoms with Crippen molar-refractivity contribution in [1.82, 2.24) is 0 Å². The number of carbonyl (C=O) groups excluding carboxylic acids is 2. The van der Waals surface area contributed by atoms with Crippen molar-refractivity contribution in [3.8, 4) is 5.75 Å². The van der Waals surface area contributed by atoms with Crippen molar-refractivity contribution < 1.29 is 18.7 Å². The van der Waals surface area contributed by atoms with Crippen molar-refractivity contribution in [2.75, 3.05) is 25.6 Å². The zero-order valence-corrected chi connectivity index (χ0v) is 12.9. The molecule has 0 fully saturated rings. The van der Waals surface area contributed by atoms with Crippen molar-refractivity contribution in [2.45, 2.75) is 0 Å². The van der Waals surface area contributed by atoms with Crippen molar-refractivity contribution in [1.29, 1.82) is 0 Å². The number of hydrogen-bond donors (Lipinski definition) is 1. The minimum absolute atomic E-state index is 0.0456. The summed E-state index contributed by atoms with van der Waals surface area (Å²) in [7, 11) is 3.80. The molecule has 1 amide bonds. The maximum absolute atomic E-state index is 13.6. The first-order chi connectivity index (χ1) is 10.9. The second-order valence-electron chi connectivity index (χ2n) is 5.13. The largest absolute Gasteiger partial charge is 0.484 e. The Balaban J connectivity index is 2.10. The normalized spacial score (nSPS) is 10.2. The highest BCUT2D eigenvalue weighted by atomic mass is 19.1. The molecule has 0 aliphatic rings. The molecule has 120 valence electrons. The van der Waals surface area contributed by atoms with E-state index >= 15 is 0 Å². The standard InChI is InChI=1S/C17H17FN2O3/c1-20(2)12-8-6-11(7-9-12)14(21)10-23-15-5-3-4-13(18)16(15)17(19)22/h3-9H,10H2,1-2H3,(H2,19,22). The minimum atomic E-state index is -0.944. The molecule has 2 N–H and O–H groups in total. The summed E-state index contributed by atoms with van der Waals surface area (Å²) in [6.07, 6.45) is 0. The molecule has 0 radical (unpaired) electrons. The fourth-order valence-electron chi connectivity index (χ4n) is 2.04. The molecular formula is C17H17FN2O3. The summed E-state index contributed by atoms with van der Waals surface area (Å²) in [5.74, 6) is -2.05. The molecule has 0 heterocycles. The average molecular weight is 316 g/mol. The van der Waals surface area contributed by atoms with Crippen LogP contribution >= 0.6 is 0 Å². The van der Waals surface area contributed by atoms with E-state index in [1.807, 2.05) is 31.1 Å². The number of ketones is 1. The number of benzene rings is 2. The van der Waals surface area contributed by atoms with E-state index in [-0.39, 0.29) is 23.7 Å². The molecule has 0 aromatic heterocycles. The maximum Gasteiger partial charge on any atom is 0.255 e. The molecule has 0 atom stereocenters. The number of halogens is 1. The summed E-state index contributed by atoms with van der Waals surface area (Å²) >= 11 is 0. The number of carbonyl (C=O) groups is 2. The van der Waals surface area contributed by atoms with Gasteiger partial charge in [-0.15, -0.1) is 0 Å². The molecule has 0 bridgehead atoms. The summed E-state index contributed by atoms with van der Waals surface area (Å²) in [6.45, 7) is -0.314. The molecular weight excluding hydrogens is 299 g/mol. The van der Waals surface area contributed by atoms with Crippen LogP contribution < -0.4 is 15.4 Å². The van der Waals surface area contributed by atoms with Gasteiger partial charge in [-0.3, -0.25) is 9.59 Å². The predicted octanol–water partition coefficient (Wildman–Crippen LogP) is 2.25. The topological polar surface area (TPSA) is 72.6 Å². The van der Waals surface area contributed by atoms with Crippen LogP contribution in [0.15, 0.2) is 42.5 Å². The van der Waals surface area contributed by atoms with Crippen molar-refractivity contribution in [3.05, 3.63) is 59.4 Å². The van der Waals surface area contributed by atoms with Gasteiger partial charge in [0.1, 0.15) is 17.1 Å². The van der Waals surface area contributed by atoms with Crippen molar-refractivity contribution in [2.24, 2.45) is 5.73 Å². The number of nitrogens with zero attached hydrogens (tertiary/aromatic N) is 1. The molecule has 0 aliphatic heterocycles. The van der Waals surface area contributed by atoms with E-state index in [2.05, 4.69) is 0 Å². The molecule has 2 rings (SSSR count). The third-order valence-electron chi connectivity index (χ3n) is 3.29. The van der Waals surface area contributed by atoms with E-state index in [1.54, 1.807) is 12.1 Å². The third kappa shape index (κ3) is 3.85. The van der Waals surface area contributed by atoms with Crippen LogP contribution in [0.5, 0.6) is 5.75 Å². The number of rotatable bonds is 6. The molecule has 0 spiro atoms. The van der Waals surface area contributed by atoms with Gasteiger partial charge in [0.2, 0.25) is 0 Å². The first-order valence-electron chi connectivity index (χ1n) is 6.92. The van der Waals surface area contributed by atoms with Crippen LogP contribution in [0.3, 0.4) is 0 Å². The Hall–Kier alpha value is -2.89. The lowest BCUT2D eigenvalue weighted by Crippen LogP contribution is -2.18. The van der Waals surface area contributed by atoms with E-state index in [0.29, 0.717) is 5.56 Å². The van der Waals surface area contributed by atoms with Crippen LogP contribution in [-0.4, -0.2) is 32.4 Å². The highest BCUT2D eigenvalue weighted by Crippen LogP contribution is 2.21. The minimum Gasteiger partial charge on any atom is -0.484 e. The molecule has 0 unspecified atom stereocenters. The lowest BCUT2D eigenvalue weighted by Gasteiger charge is -2.13. The number of primary amides is 1. The van der Waals surface area contributed by atoms with Crippen molar-refractivity contribution >= 4 is 17.4 Å². The second kappa shape index (κ2) is 6.91. The number of Topliss-reactive ketones (excluding diaryl/α,β-unsaturated/α-hetero) is 1. The van der Waals surface area contributed by atoms with E-state index in [0.717, 1.165) is 11.8 Å². The van der Waals surface area contributed by atoms with Crippen LogP contribution in [-0.2, 0) is 0 Å². The number of amides is 1. The molecule has 5 nitrogen and oxygen atoms in total. The van der Waals surface area contributed by atoms with Crippen LogP contribution in [0, 0.1) is 5.82 Å². The number of ether oxygens (including phenoxy) is 1. The van der Waals surface area contributed by atoms with E-state index in [4.69, 9.17) is 10.5 Å². The van der Waals surface area contributed by atoms with Gasteiger partial charge in [0.05, 0.1) is 0 Å². The summed E-state index contributed by atoms with van der Waals surface area (Å²) in [5, 5.41) is 0. The smallest absolute Gasteiger partial charge is 0.255 e. The van der Waals surface area contributed by atoms with Gasteiger partial charge >= 0.3 is 0 Å². The highest BCUT2D eigenvalue weighted by molar-refractivity contribution is 5.98. The van der Waals surface area contributed by atoms with Gasteiger partial charge in [0, 0.05) is 25.3 Å². The molecule has 2 aromatic rings. The SMILES string of the molecule is CN(C)c1ccc(C(=O)COc2cccc(F)c2C(N)=O)cc1. The van der Waals surface area contributed by atoms with Gasteiger partial charge in [-0.2, -0.15) is 0 Å². The molecule has 2 aromatic carbocycles. The van der Waals surface area contributed by atoms with E-state index in [9.17, 15) is 14.0 Å². The fourth-order valence-corrected chi connectivity index (χ4v) is 2.04. The van der Waals surface area contributed by atoms with Gasteiger partial charge in [-0.1, -0.05) is 6.07 Å². The number of nitrogens with two attached hydrogens (primary N) is 1. The highest BCUT2D eigenvalue weighted by Gasteiger charge is 2.16. The summed E-state index contributed by atoms with van der Waals surface area (Å²) in [5.41, 5.74) is 6.20. The van der Waals surface area contributed by atoms with Gasteiger partial charge in [-0.25, -0.2) is 4.39 Å². The molecule has 0 saturated heterocycles. The van der Waals surface area contributed by atoms with Crippen LogP contribution in [0.1, 0.15) is 20.7 Å². The number of hydrogen-bond acceptors (Lipinski definition) is 4. The summed E-state index contributed by atoms with van der Waals surface area (Å²) < 4.78 is 18.9. The monoisotopic (exact) mass is 316 g/mol. The Morgan fingerprint density at radius 2 is 1.78 bits per heavy atom. The molecule has 6 heteroatoms. The zero-order chi connectivity index (χ0) is 17.0. The summed E-state index contributed by atoms with van der Waals surface area (Å²) in [6, 6.07) is 10.9. The first-order valence-corrected chi connectivity index (χ1v) is 6.92.